The highest BCUT2D eigenvalue weighted by Crippen LogP contribution is 2.36. The molecule has 1 amide bonds. The molecule has 1 aromatic carbocycles. The maximum atomic E-state index is 14.7. The molecule has 0 radical (unpaired) electrons. The number of piperidine rings is 1. The van der Waals surface area contributed by atoms with Crippen LogP contribution in [0.25, 0.3) is 0 Å². The summed E-state index contributed by atoms with van der Waals surface area (Å²) in [6.45, 7) is 1.09. The summed E-state index contributed by atoms with van der Waals surface area (Å²) < 4.78 is 68.0. The van der Waals surface area contributed by atoms with Crippen LogP contribution in [0.3, 0.4) is 0 Å². The number of amides is 1. The molecule has 2 N–H and O–H groups in total. The van der Waals surface area contributed by atoms with Crippen molar-refractivity contribution < 1.29 is 26.0 Å². The highest BCUT2D eigenvalue weighted by Gasteiger charge is 2.41. The Morgan fingerprint density at radius 2 is 1.71 bits per heavy atom. The fourth-order valence-electron chi connectivity index (χ4n) is 4.70. The first-order valence-electron chi connectivity index (χ1n) is 11.3. The number of thiophene rings is 1. The topological polar surface area (TPSA) is 121 Å². The normalized spacial score (nSPS) is 22.9. The molecule has 0 spiro atoms. The first kappa shape index (κ1) is 26.2. The molecule has 9 nitrogen and oxygen atoms in total. The van der Waals surface area contributed by atoms with Gasteiger partial charge in [-0.05, 0) is 30.2 Å². The van der Waals surface area contributed by atoms with E-state index in [4.69, 9.17) is 5.73 Å². The Bertz CT molecular complexity index is 1290. The van der Waals surface area contributed by atoms with Gasteiger partial charge in [0.25, 0.3) is 10.0 Å². The van der Waals surface area contributed by atoms with Crippen LogP contribution < -0.4 is 5.73 Å². The van der Waals surface area contributed by atoms with Crippen LogP contribution in [0.4, 0.5) is 4.39 Å². The summed E-state index contributed by atoms with van der Waals surface area (Å²) in [5.41, 5.74) is 6.03. The Morgan fingerprint density at radius 3 is 2.31 bits per heavy atom. The summed E-state index contributed by atoms with van der Waals surface area (Å²) in [5, 5.41) is 0. The van der Waals surface area contributed by atoms with Gasteiger partial charge in [-0.1, -0.05) is 18.2 Å². The van der Waals surface area contributed by atoms with Crippen molar-refractivity contribution in [2.24, 2.45) is 11.7 Å². The van der Waals surface area contributed by atoms with Crippen LogP contribution >= 0.6 is 11.3 Å². The Balaban J connectivity index is 1.60. The molecule has 2 aliphatic rings. The molecule has 2 atom stereocenters. The van der Waals surface area contributed by atoms with E-state index in [2.05, 4.69) is 0 Å². The number of sulfonamides is 2. The number of carbonyl (C=O) groups is 1. The molecule has 1 aromatic heterocycles. The number of nitrogens with zero attached hydrogens (tertiary/aromatic N) is 3. The van der Waals surface area contributed by atoms with Crippen LogP contribution in [0, 0.1) is 11.7 Å². The van der Waals surface area contributed by atoms with Gasteiger partial charge in [0.15, 0.2) is 0 Å². The molecule has 3 heterocycles. The molecule has 2 aliphatic heterocycles. The lowest BCUT2D eigenvalue weighted by atomic mass is 9.84. The smallest absolute Gasteiger partial charge is 0.252 e. The summed E-state index contributed by atoms with van der Waals surface area (Å²) >= 11 is 1.09. The molecule has 0 aliphatic carbocycles. The van der Waals surface area contributed by atoms with Crippen molar-refractivity contribution in [3.8, 4) is 0 Å². The highest BCUT2D eigenvalue weighted by atomic mass is 32.2. The fourth-order valence-corrected chi connectivity index (χ4v) is 8.44. The lowest BCUT2D eigenvalue weighted by molar-refractivity contribution is -0.138. The van der Waals surface area contributed by atoms with Crippen LogP contribution in [0.15, 0.2) is 40.6 Å². The molecule has 35 heavy (non-hydrogen) atoms. The maximum absolute atomic E-state index is 14.7. The first-order chi connectivity index (χ1) is 16.5. The van der Waals surface area contributed by atoms with Gasteiger partial charge >= 0.3 is 0 Å². The van der Waals surface area contributed by atoms with Crippen molar-refractivity contribution in [1.29, 1.82) is 0 Å². The van der Waals surface area contributed by atoms with Gasteiger partial charge in [-0.3, -0.25) is 4.79 Å². The van der Waals surface area contributed by atoms with E-state index in [0.29, 0.717) is 12.0 Å². The van der Waals surface area contributed by atoms with Crippen LogP contribution in [-0.4, -0.2) is 81.8 Å². The molecule has 2 fully saturated rings. The van der Waals surface area contributed by atoms with E-state index >= 15 is 0 Å². The standard InChI is InChI=1S/C22H29FN4O5S3/c1-34(29,30)26-10-8-25(9-11-26)22(28)17-12-16(19-4-2-3-5-20(19)23)14-27(15-17)35(31,32)21-7-6-18(13-24)33-21/h2-7,16-17H,8-15,24H2,1H3/t16-,17+/m1/s1. The SMILES string of the molecule is CS(=O)(=O)N1CCN(C(=O)[C@H]2C[C@@H](c3ccccc3F)CN(S(=O)(=O)c3ccc(CN)s3)C2)CC1. The van der Waals surface area contributed by atoms with Crippen molar-refractivity contribution >= 4 is 37.3 Å². The molecule has 13 heteroatoms. The number of halogens is 1. The zero-order valence-corrected chi connectivity index (χ0v) is 21.8. The van der Waals surface area contributed by atoms with E-state index in [1.165, 1.54) is 20.7 Å². The van der Waals surface area contributed by atoms with Crippen molar-refractivity contribution in [3.63, 3.8) is 0 Å². The minimum absolute atomic E-state index is 0.0196. The predicted molar refractivity (Wildman–Crippen MR) is 131 cm³/mol. The average molecular weight is 545 g/mol. The third kappa shape index (κ3) is 5.59. The van der Waals surface area contributed by atoms with Gasteiger partial charge in [0.1, 0.15) is 10.0 Å². The summed E-state index contributed by atoms with van der Waals surface area (Å²) in [4.78, 5) is 15.8. The molecule has 0 unspecified atom stereocenters. The van der Waals surface area contributed by atoms with Crippen LogP contribution in [0.2, 0.25) is 0 Å². The van der Waals surface area contributed by atoms with Crippen molar-refractivity contribution in [2.45, 2.75) is 23.1 Å². The number of hydrogen-bond donors (Lipinski definition) is 1. The third-order valence-corrected chi connectivity index (χ3v) is 11.3. The lowest BCUT2D eigenvalue weighted by Crippen LogP contribution is -2.54. The first-order valence-corrected chi connectivity index (χ1v) is 15.4. The number of nitrogens with two attached hydrogens (primary N) is 1. The van der Waals surface area contributed by atoms with Crippen molar-refractivity contribution in [2.75, 3.05) is 45.5 Å². The van der Waals surface area contributed by atoms with E-state index < -0.39 is 37.7 Å². The van der Waals surface area contributed by atoms with Gasteiger partial charge < -0.3 is 10.6 Å². The van der Waals surface area contributed by atoms with Gasteiger partial charge in [0, 0.05) is 56.6 Å². The minimum atomic E-state index is -3.91. The largest absolute Gasteiger partial charge is 0.340 e. The van der Waals surface area contributed by atoms with E-state index in [-0.39, 0.29) is 55.9 Å². The summed E-state index contributed by atoms with van der Waals surface area (Å²) in [6, 6.07) is 9.40. The molecule has 0 bridgehead atoms. The molecule has 2 saturated heterocycles. The monoisotopic (exact) mass is 544 g/mol. The second-order valence-corrected chi connectivity index (χ2v) is 14.2. The quantitative estimate of drug-likeness (QED) is 0.584. The number of piperazine rings is 1. The number of rotatable bonds is 6. The average Bonchev–Trinajstić information content (AvgIpc) is 3.33. The maximum Gasteiger partial charge on any atom is 0.252 e. The summed E-state index contributed by atoms with van der Waals surface area (Å²) in [6.07, 6.45) is 1.44. The second kappa shape index (κ2) is 10.2. The Labute approximate surface area is 209 Å². The molecule has 192 valence electrons. The Hall–Kier alpha value is -1.90. The molecular formula is C22H29FN4O5S3. The highest BCUT2D eigenvalue weighted by molar-refractivity contribution is 7.91. The zero-order valence-electron chi connectivity index (χ0n) is 19.3. The van der Waals surface area contributed by atoms with Gasteiger partial charge in [0.05, 0.1) is 12.2 Å². The van der Waals surface area contributed by atoms with Crippen LogP contribution in [0.5, 0.6) is 0 Å². The fraction of sp³-hybridized carbons (Fsp3) is 0.500. The predicted octanol–water partition coefficient (Wildman–Crippen LogP) is 1.24. The van der Waals surface area contributed by atoms with Crippen molar-refractivity contribution in [1.82, 2.24) is 13.5 Å². The Morgan fingerprint density at radius 1 is 1.03 bits per heavy atom. The van der Waals surface area contributed by atoms with Gasteiger partial charge in [0.2, 0.25) is 15.9 Å². The minimum Gasteiger partial charge on any atom is -0.340 e. The van der Waals surface area contributed by atoms with Gasteiger partial charge in [-0.25, -0.2) is 21.2 Å². The van der Waals surface area contributed by atoms with Crippen molar-refractivity contribution in [3.05, 3.63) is 52.7 Å². The Kier molecular flexibility index (Phi) is 7.65. The number of hydrogen-bond acceptors (Lipinski definition) is 7. The van der Waals surface area contributed by atoms with Gasteiger partial charge in [-0.2, -0.15) is 8.61 Å². The van der Waals surface area contributed by atoms with E-state index in [1.54, 1.807) is 29.2 Å². The molecule has 0 saturated carbocycles. The van der Waals surface area contributed by atoms with Crippen LogP contribution in [-0.2, 0) is 31.4 Å². The molecular weight excluding hydrogens is 515 g/mol. The van der Waals surface area contributed by atoms with Crippen LogP contribution in [0.1, 0.15) is 22.8 Å². The van der Waals surface area contributed by atoms with E-state index in [1.807, 2.05) is 0 Å². The van der Waals surface area contributed by atoms with Gasteiger partial charge in [-0.15, -0.1) is 11.3 Å². The molecule has 4 rings (SSSR count). The molecule has 2 aromatic rings. The summed E-state index contributed by atoms with van der Waals surface area (Å²) in [7, 11) is -7.26. The van der Waals surface area contributed by atoms with E-state index in [0.717, 1.165) is 22.5 Å². The number of carbonyl (C=O) groups excluding carboxylic acids is 1. The van der Waals surface area contributed by atoms with E-state index in [9.17, 15) is 26.0 Å². The summed E-state index contributed by atoms with van der Waals surface area (Å²) in [5.74, 6) is -1.86. The second-order valence-electron chi connectivity index (χ2n) is 8.89. The number of benzene rings is 1. The third-order valence-electron chi connectivity index (χ3n) is 6.56. The zero-order chi connectivity index (χ0) is 25.4. The lowest BCUT2D eigenvalue weighted by Gasteiger charge is -2.40.